The van der Waals surface area contributed by atoms with Crippen molar-refractivity contribution in [3.8, 4) is 11.4 Å². The van der Waals surface area contributed by atoms with Gasteiger partial charge < -0.3 is 10.5 Å². The van der Waals surface area contributed by atoms with Gasteiger partial charge in [-0.3, -0.25) is 4.79 Å². The summed E-state index contributed by atoms with van der Waals surface area (Å²) in [6.07, 6.45) is -4.76. The summed E-state index contributed by atoms with van der Waals surface area (Å²) in [5, 5.41) is 10.7. The van der Waals surface area contributed by atoms with E-state index in [0.717, 1.165) is 23.9 Å². The number of benzene rings is 1. The van der Waals surface area contributed by atoms with E-state index >= 15 is 0 Å². The highest BCUT2D eigenvalue weighted by Gasteiger charge is 2.31. The largest absolute Gasteiger partial charge is 0.573 e. The monoisotopic (exact) mass is 333 g/mol. The summed E-state index contributed by atoms with van der Waals surface area (Å²) in [5.41, 5.74) is 5.57. The molecule has 1 amide bonds. The van der Waals surface area contributed by atoms with E-state index in [9.17, 15) is 18.0 Å². The van der Waals surface area contributed by atoms with E-state index < -0.39 is 17.5 Å². The Morgan fingerprint density at radius 3 is 2.55 bits per heavy atom. The zero-order valence-electron chi connectivity index (χ0n) is 11.1. The molecule has 1 atom stereocenters. The van der Waals surface area contributed by atoms with Crippen LogP contribution >= 0.6 is 11.8 Å². The average molecular weight is 333 g/mol. The number of aromatic nitrogens is 4. The Hall–Kier alpha value is -2.30. The van der Waals surface area contributed by atoms with E-state index in [4.69, 9.17) is 5.73 Å². The number of tetrazole rings is 1. The minimum Gasteiger partial charge on any atom is -0.406 e. The Labute approximate surface area is 126 Å². The maximum atomic E-state index is 12.1. The molecule has 7 nitrogen and oxygen atoms in total. The van der Waals surface area contributed by atoms with Crippen LogP contribution in [-0.2, 0) is 4.79 Å². The summed E-state index contributed by atoms with van der Waals surface area (Å²) in [4.78, 5) is 11.1. The molecule has 0 bridgehead atoms. The maximum Gasteiger partial charge on any atom is 0.573 e. The second-order valence-corrected chi connectivity index (χ2v) is 5.39. The SMILES string of the molecule is C[C@@H](Sc1nnnn1-c1ccc(OC(F)(F)F)cc1)C(N)=O. The molecule has 1 heterocycles. The number of nitrogens with zero attached hydrogens (tertiary/aromatic N) is 4. The summed E-state index contributed by atoms with van der Waals surface area (Å²) >= 11 is 1.04. The zero-order valence-corrected chi connectivity index (χ0v) is 11.9. The van der Waals surface area contributed by atoms with Gasteiger partial charge in [-0.1, -0.05) is 11.8 Å². The molecular formula is C11H10F3N5O2S. The summed E-state index contributed by atoms with van der Waals surface area (Å²) < 4.78 is 41.3. The molecule has 2 rings (SSSR count). The van der Waals surface area contributed by atoms with Gasteiger partial charge in [0.1, 0.15) is 5.75 Å². The third-order valence-corrected chi connectivity index (χ3v) is 3.49. The number of rotatable bonds is 5. The number of carbonyl (C=O) groups excluding carboxylic acids is 1. The highest BCUT2D eigenvalue weighted by atomic mass is 32.2. The number of ether oxygens (including phenoxy) is 1. The molecule has 1 aromatic carbocycles. The maximum absolute atomic E-state index is 12.1. The summed E-state index contributed by atoms with van der Waals surface area (Å²) in [7, 11) is 0. The van der Waals surface area contributed by atoms with Crippen molar-refractivity contribution in [2.24, 2.45) is 5.73 Å². The number of alkyl halides is 3. The quantitative estimate of drug-likeness (QED) is 0.834. The second-order valence-electron chi connectivity index (χ2n) is 4.08. The van der Waals surface area contributed by atoms with E-state index in [1.54, 1.807) is 6.92 Å². The lowest BCUT2D eigenvalue weighted by molar-refractivity contribution is -0.274. The predicted octanol–water partition coefficient (Wildman–Crippen LogP) is 1.53. The van der Waals surface area contributed by atoms with Crippen LogP contribution in [0, 0.1) is 0 Å². The van der Waals surface area contributed by atoms with Crippen LogP contribution in [0.2, 0.25) is 0 Å². The number of halogens is 3. The predicted molar refractivity (Wildman–Crippen MR) is 70.4 cm³/mol. The van der Waals surface area contributed by atoms with Crippen molar-refractivity contribution in [2.45, 2.75) is 23.7 Å². The third-order valence-electron chi connectivity index (χ3n) is 2.44. The number of amides is 1. The first kappa shape index (κ1) is 16.1. The summed E-state index contributed by atoms with van der Waals surface area (Å²) in [5.74, 6) is -0.891. The Morgan fingerprint density at radius 1 is 1.36 bits per heavy atom. The molecule has 0 radical (unpaired) electrons. The van der Waals surface area contributed by atoms with E-state index in [1.165, 1.54) is 16.8 Å². The first-order valence-electron chi connectivity index (χ1n) is 5.87. The van der Waals surface area contributed by atoms with Gasteiger partial charge in [0.15, 0.2) is 0 Å². The highest BCUT2D eigenvalue weighted by molar-refractivity contribution is 8.00. The molecule has 11 heteroatoms. The van der Waals surface area contributed by atoms with Crippen LogP contribution < -0.4 is 10.5 Å². The fraction of sp³-hybridized carbons (Fsp3) is 0.273. The molecular weight excluding hydrogens is 323 g/mol. The van der Waals surface area contributed by atoms with Crippen molar-refractivity contribution in [2.75, 3.05) is 0 Å². The Morgan fingerprint density at radius 2 is 2.00 bits per heavy atom. The van der Waals surface area contributed by atoms with Crippen LogP contribution in [0.4, 0.5) is 13.2 Å². The van der Waals surface area contributed by atoms with Crippen molar-refractivity contribution < 1.29 is 22.7 Å². The standard InChI is InChI=1S/C11H10F3N5O2S/c1-6(9(15)20)22-10-16-17-18-19(10)7-2-4-8(5-3-7)21-11(12,13)14/h2-6H,1H3,(H2,15,20)/t6-/m1/s1. The first-order valence-corrected chi connectivity index (χ1v) is 6.75. The van der Waals surface area contributed by atoms with Crippen LogP contribution in [0.1, 0.15) is 6.92 Å². The molecule has 0 aliphatic carbocycles. The Kier molecular flexibility index (Phi) is 4.54. The van der Waals surface area contributed by atoms with E-state index in [-0.39, 0.29) is 10.9 Å². The number of primary amides is 1. The lowest BCUT2D eigenvalue weighted by Gasteiger charge is -2.10. The van der Waals surface area contributed by atoms with Gasteiger partial charge >= 0.3 is 6.36 Å². The van der Waals surface area contributed by atoms with Crippen LogP contribution in [0.25, 0.3) is 5.69 Å². The lowest BCUT2D eigenvalue weighted by Crippen LogP contribution is -2.23. The molecule has 2 aromatic rings. The smallest absolute Gasteiger partial charge is 0.406 e. The fourth-order valence-electron chi connectivity index (χ4n) is 1.42. The van der Waals surface area contributed by atoms with Crippen LogP contribution in [0.15, 0.2) is 29.4 Å². The summed E-state index contributed by atoms with van der Waals surface area (Å²) in [6.45, 7) is 1.59. The van der Waals surface area contributed by atoms with Crippen molar-refractivity contribution in [1.29, 1.82) is 0 Å². The molecule has 0 fully saturated rings. The van der Waals surface area contributed by atoms with E-state index in [1.807, 2.05) is 0 Å². The molecule has 0 saturated heterocycles. The molecule has 0 unspecified atom stereocenters. The van der Waals surface area contributed by atoms with Gasteiger partial charge in [-0.05, 0) is 41.6 Å². The molecule has 22 heavy (non-hydrogen) atoms. The van der Waals surface area contributed by atoms with Crippen molar-refractivity contribution in [3.63, 3.8) is 0 Å². The van der Waals surface area contributed by atoms with Gasteiger partial charge in [0, 0.05) is 0 Å². The second kappa shape index (κ2) is 6.22. The molecule has 1 aromatic heterocycles. The van der Waals surface area contributed by atoms with Gasteiger partial charge in [-0.2, -0.15) is 4.68 Å². The van der Waals surface area contributed by atoms with Gasteiger partial charge in [0.05, 0.1) is 10.9 Å². The van der Waals surface area contributed by atoms with Crippen molar-refractivity contribution in [1.82, 2.24) is 20.2 Å². The van der Waals surface area contributed by atoms with Crippen molar-refractivity contribution >= 4 is 17.7 Å². The third kappa shape index (κ3) is 4.10. The minimum atomic E-state index is -4.76. The van der Waals surface area contributed by atoms with Gasteiger partial charge in [0.25, 0.3) is 0 Å². The Bertz CT molecular complexity index is 658. The number of hydrogen-bond donors (Lipinski definition) is 1. The topological polar surface area (TPSA) is 95.9 Å². The normalized spacial score (nSPS) is 12.9. The number of nitrogens with two attached hydrogens (primary N) is 1. The molecule has 0 aliphatic rings. The average Bonchev–Trinajstić information content (AvgIpc) is 2.85. The van der Waals surface area contributed by atoms with E-state index in [0.29, 0.717) is 5.69 Å². The highest BCUT2D eigenvalue weighted by Crippen LogP contribution is 2.26. The molecule has 2 N–H and O–H groups in total. The number of carbonyl (C=O) groups is 1. The number of thioether (sulfide) groups is 1. The summed E-state index contributed by atoms with van der Waals surface area (Å²) in [6, 6.07) is 4.99. The minimum absolute atomic E-state index is 0.288. The first-order chi connectivity index (χ1) is 10.3. The lowest BCUT2D eigenvalue weighted by atomic mass is 10.3. The Balaban J connectivity index is 2.19. The molecule has 118 valence electrons. The molecule has 0 spiro atoms. The van der Waals surface area contributed by atoms with Crippen LogP contribution in [0.3, 0.4) is 0 Å². The van der Waals surface area contributed by atoms with Crippen LogP contribution in [0.5, 0.6) is 5.75 Å². The fourth-order valence-corrected chi connectivity index (χ4v) is 2.18. The van der Waals surface area contributed by atoms with Crippen LogP contribution in [-0.4, -0.2) is 37.7 Å². The van der Waals surface area contributed by atoms with Gasteiger partial charge in [-0.25, -0.2) is 0 Å². The number of hydrogen-bond acceptors (Lipinski definition) is 6. The molecule has 0 aliphatic heterocycles. The van der Waals surface area contributed by atoms with E-state index in [2.05, 4.69) is 20.3 Å². The van der Waals surface area contributed by atoms with Crippen molar-refractivity contribution in [3.05, 3.63) is 24.3 Å². The van der Waals surface area contributed by atoms with Gasteiger partial charge in [-0.15, -0.1) is 18.3 Å². The van der Waals surface area contributed by atoms with Gasteiger partial charge in [0.2, 0.25) is 11.1 Å². The zero-order chi connectivity index (χ0) is 16.3. The molecule has 0 saturated carbocycles.